The van der Waals surface area contributed by atoms with Crippen molar-refractivity contribution in [1.29, 1.82) is 0 Å². The summed E-state index contributed by atoms with van der Waals surface area (Å²) < 4.78 is 38.4. The van der Waals surface area contributed by atoms with E-state index >= 15 is 0 Å². The van der Waals surface area contributed by atoms with Crippen LogP contribution in [0.25, 0.3) is 0 Å². The molecule has 0 aliphatic heterocycles. The zero-order chi connectivity index (χ0) is 12.8. The van der Waals surface area contributed by atoms with Crippen LogP contribution in [-0.4, -0.2) is 14.6 Å². The number of halogens is 5. The van der Waals surface area contributed by atoms with Gasteiger partial charge in [0.1, 0.15) is 10.7 Å². The first kappa shape index (κ1) is 12.9. The summed E-state index contributed by atoms with van der Waals surface area (Å²) in [6.07, 6.45) is -3.88. The molecule has 0 amide bonds. The van der Waals surface area contributed by atoms with Gasteiger partial charge < -0.3 is 0 Å². The van der Waals surface area contributed by atoms with Crippen molar-refractivity contribution in [3.8, 4) is 0 Å². The fourth-order valence-electron chi connectivity index (χ4n) is 1.46. The van der Waals surface area contributed by atoms with Crippen molar-refractivity contribution in [1.82, 2.24) is 9.78 Å². The van der Waals surface area contributed by atoms with Crippen molar-refractivity contribution in [2.24, 2.45) is 5.92 Å². The Labute approximate surface area is 108 Å². The normalized spacial score (nSPS) is 23.8. The summed E-state index contributed by atoms with van der Waals surface area (Å²) in [5, 5.41) is 3.28. The fraction of sp³-hybridized carbons (Fsp3) is 0.556. The van der Waals surface area contributed by atoms with Crippen LogP contribution in [0.4, 0.5) is 13.2 Å². The molecule has 1 aromatic rings. The lowest BCUT2D eigenvalue weighted by atomic mass is 10.3. The van der Waals surface area contributed by atoms with E-state index in [9.17, 15) is 18.0 Å². The predicted octanol–water partition coefficient (Wildman–Crippen LogP) is 2.70. The molecule has 1 heterocycles. The average molecular weight is 332 g/mol. The van der Waals surface area contributed by atoms with Crippen LogP contribution >= 0.6 is 27.5 Å². The van der Waals surface area contributed by atoms with Crippen molar-refractivity contribution in [3.63, 3.8) is 0 Å². The smallest absolute Gasteiger partial charge is 0.267 e. The minimum atomic E-state index is -4.71. The number of nitrogens with zero attached hydrogens (tertiary/aromatic N) is 2. The van der Waals surface area contributed by atoms with Crippen molar-refractivity contribution in [3.05, 3.63) is 27.1 Å². The first-order valence-electron chi connectivity index (χ1n) is 4.78. The van der Waals surface area contributed by atoms with Gasteiger partial charge in [0.25, 0.3) is 5.56 Å². The van der Waals surface area contributed by atoms with E-state index in [-0.39, 0.29) is 22.4 Å². The van der Waals surface area contributed by atoms with Crippen LogP contribution in [0.1, 0.15) is 12.0 Å². The second kappa shape index (κ2) is 4.28. The molecule has 1 aliphatic carbocycles. The number of alkyl halides is 4. The zero-order valence-electron chi connectivity index (χ0n) is 8.34. The second-order valence-corrected chi connectivity index (χ2v) is 5.44. The highest BCUT2D eigenvalue weighted by molar-refractivity contribution is 9.09. The van der Waals surface area contributed by atoms with Gasteiger partial charge in [-0.1, -0.05) is 27.5 Å². The maximum atomic E-state index is 12.5. The van der Waals surface area contributed by atoms with Gasteiger partial charge >= 0.3 is 6.18 Å². The molecule has 0 radical (unpaired) electrons. The van der Waals surface area contributed by atoms with Gasteiger partial charge in [-0.15, -0.1) is 0 Å². The van der Waals surface area contributed by atoms with Crippen molar-refractivity contribution in [2.45, 2.75) is 24.0 Å². The maximum absolute atomic E-state index is 12.5. The Bertz CT molecular complexity index is 502. The summed E-state index contributed by atoms with van der Waals surface area (Å²) in [7, 11) is 0. The average Bonchev–Trinajstić information content (AvgIpc) is 2.86. The summed E-state index contributed by atoms with van der Waals surface area (Å²) in [5.41, 5.74) is -2.42. The van der Waals surface area contributed by atoms with Gasteiger partial charge in [-0.2, -0.15) is 18.3 Å². The molecule has 3 nitrogen and oxygen atoms in total. The maximum Gasteiger partial charge on any atom is 0.421 e. The third-order valence-corrected chi connectivity index (χ3v) is 3.80. The second-order valence-electron chi connectivity index (χ2n) is 3.88. The van der Waals surface area contributed by atoms with E-state index in [4.69, 9.17) is 11.6 Å². The third-order valence-electron chi connectivity index (χ3n) is 2.49. The molecule has 0 N–H and O–H groups in total. The number of hydrogen-bond acceptors (Lipinski definition) is 2. The van der Waals surface area contributed by atoms with E-state index in [0.717, 1.165) is 11.1 Å². The molecule has 2 rings (SSSR count). The van der Waals surface area contributed by atoms with Crippen molar-refractivity contribution >= 4 is 27.5 Å². The summed E-state index contributed by atoms with van der Waals surface area (Å²) in [5.74, 6) is 0.139. The van der Waals surface area contributed by atoms with Gasteiger partial charge in [0.15, 0.2) is 0 Å². The van der Waals surface area contributed by atoms with E-state index in [1.165, 1.54) is 0 Å². The first-order chi connectivity index (χ1) is 7.79. The number of hydrogen-bond donors (Lipinski definition) is 0. The lowest BCUT2D eigenvalue weighted by Gasteiger charge is -2.09. The fourth-order valence-corrected chi connectivity index (χ4v) is 2.31. The SMILES string of the molecule is O=c1c(C(F)(F)F)cc(Cl)nn1CC1CC1Br. The highest BCUT2D eigenvalue weighted by Crippen LogP contribution is 2.38. The lowest BCUT2D eigenvalue weighted by Crippen LogP contribution is -2.31. The third kappa shape index (κ3) is 2.82. The molecule has 1 fully saturated rings. The number of rotatable bonds is 2. The molecule has 94 valence electrons. The van der Waals surface area contributed by atoms with Gasteiger partial charge in [0.2, 0.25) is 0 Å². The van der Waals surface area contributed by atoms with Crippen LogP contribution in [-0.2, 0) is 12.7 Å². The van der Waals surface area contributed by atoms with Gasteiger partial charge in [0.05, 0.1) is 0 Å². The van der Waals surface area contributed by atoms with Crippen molar-refractivity contribution < 1.29 is 13.2 Å². The van der Waals surface area contributed by atoms with E-state index < -0.39 is 17.3 Å². The van der Waals surface area contributed by atoms with Crippen molar-refractivity contribution in [2.75, 3.05) is 0 Å². The molecule has 0 spiro atoms. The van der Waals surface area contributed by atoms with Gasteiger partial charge in [-0.05, 0) is 18.4 Å². The highest BCUT2D eigenvalue weighted by atomic mass is 79.9. The molecule has 1 saturated carbocycles. The predicted molar refractivity (Wildman–Crippen MR) is 59.3 cm³/mol. The lowest BCUT2D eigenvalue weighted by molar-refractivity contribution is -0.139. The minimum absolute atomic E-state index is 0.139. The quantitative estimate of drug-likeness (QED) is 0.781. The summed E-state index contributed by atoms with van der Waals surface area (Å²) in [6.45, 7) is 0.151. The molecule has 8 heteroatoms. The van der Waals surface area contributed by atoms with Crippen LogP contribution in [0.15, 0.2) is 10.9 Å². The molecular weight excluding hydrogens is 324 g/mol. The zero-order valence-corrected chi connectivity index (χ0v) is 10.7. The Hall–Kier alpha value is -0.560. The van der Waals surface area contributed by atoms with E-state index in [2.05, 4.69) is 21.0 Å². The standard InChI is InChI=1S/C9H7BrClF3N2O/c10-6-1-4(6)3-16-8(17)5(9(12,13)14)2-7(11)15-16/h2,4,6H,1,3H2. The van der Waals surface area contributed by atoms with Crippen LogP contribution in [0, 0.1) is 5.92 Å². The van der Waals surface area contributed by atoms with Crippen LogP contribution in [0.5, 0.6) is 0 Å². The van der Waals surface area contributed by atoms with Crippen LogP contribution in [0.2, 0.25) is 5.15 Å². The number of aromatic nitrogens is 2. The first-order valence-corrected chi connectivity index (χ1v) is 6.07. The van der Waals surface area contributed by atoms with E-state index in [1.807, 2.05) is 0 Å². The van der Waals surface area contributed by atoms with E-state index in [0.29, 0.717) is 6.07 Å². The van der Waals surface area contributed by atoms with Gasteiger partial charge in [-0.25, -0.2) is 4.68 Å². The van der Waals surface area contributed by atoms with Gasteiger partial charge in [0, 0.05) is 11.4 Å². The highest BCUT2D eigenvalue weighted by Gasteiger charge is 2.38. The molecule has 17 heavy (non-hydrogen) atoms. The Morgan fingerprint density at radius 1 is 1.59 bits per heavy atom. The Kier molecular flexibility index (Phi) is 3.24. The molecule has 1 aliphatic rings. The van der Waals surface area contributed by atoms with Gasteiger partial charge in [-0.3, -0.25) is 4.79 Å². The van der Waals surface area contributed by atoms with E-state index in [1.54, 1.807) is 0 Å². The molecule has 0 aromatic carbocycles. The van der Waals surface area contributed by atoms with Crippen LogP contribution in [0.3, 0.4) is 0 Å². The molecule has 0 saturated heterocycles. The summed E-state index contributed by atoms with van der Waals surface area (Å²) >= 11 is 8.79. The Morgan fingerprint density at radius 2 is 2.18 bits per heavy atom. The van der Waals surface area contributed by atoms with Crippen LogP contribution < -0.4 is 5.56 Å². The molecular formula is C9H7BrClF3N2O. The molecule has 0 bridgehead atoms. The molecule has 2 unspecified atom stereocenters. The minimum Gasteiger partial charge on any atom is -0.267 e. The largest absolute Gasteiger partial charge is 0.421 e. The Balaban J connectivity index is 2.39. The Morgan fingerprint density at radius 3 is 2.65 bits per heavy atom. The summed E-state index contributed by atoms with van der Waals surface area (Å²) in [4.78, 5) is 11.8. The molecule has 1 aromatic heterocycles. The monoisotopic (exact) mass is 330 g/mol. The topological polar surface area (TPSA) is 34.9 Å². The summed E-state index contributed by atoms with van der Waals surface area (Å²) in [6, 6.07) is 0.554. The molecule has 2 atom stereocenters.